The molecule has 100 valence electrons. The minimum absolute atomic E-state index is 0.601. The van der Waals surface area contributed by atoms with Crippen molar-refractivity contribution in [1.82, 2.24) is 4.90 Å². The zero-order valence-corrected chi connectivity index (χ0v) is 12.1. The lowest BCUT2D eigenvalue weighted by Gasteiger charge is -2.46. The van der Waals surface area contributed by atoms with Crippen molar-refractivity contribution in [3.63, 3.8) is 0 Å². The fraction of sp³-hybridized carbons (Fsp3) is 0.733. The summed E-state index contributed by atoms with van der Waals surface area (Å²) in [5.74, 6) is 0. The zero-order chi connectivity index (χ0) is 12.5. The van der Waals surface area contributed by atoms with Crippen molar-refractivity contribution in [3.05, 3.63) is 21.9 Å². The molecule has 3 atom stereocenters. The van der Waals surface area contributed by atoms with E-state index in [2.05, 4.69) is 23.3 Å². The van der Waals surface area contributed by atoms with Crippen LogP contribution in [0, 0.1) is 0 Å². The Morgan fingerprint density at radius 1 is 1.33 bits per heavy atom. The molecule has 1 aromatic heterocycles. The molecule has 2 nitrogen and oxygen atoms in total. The third-order valence-corrected chi connectivity index (χ3v) is 5.74. The minimum atomic E-state index is 0.601. The topological polar surface area (TPSA) is 29.3 Å². The second-order valence-electron chi connectivity index (χ2n) is 5.82. The van der Waals surface area contributed by atoms with Crippen LogP contribution in [0.15, 0.2) is 11.4 Å². The Bertz CT molecular complexity index is 401. The van der Waals surface area contributed by atoms with Gasteiger partial charge in [0.1, 0.15) is 0 Å². The Morgan fingerprint density at radius 3 is 3.06 bits per heavy atom. The van der Waals surface area contributed by atoms with Crippen molar-refractivity contribution in [1.29, 1.82) is 0 Å². The molecule has 3 heteroatoms. The molecule has 2 heterocycles. The van der Waals surface area contributed by atoms with Crippen LogP contribution in [0.2, 0.25) is 0 Å². The molecule has 0 amide bonds. The molecule has 1 aliphatic carbocycles. The van der Waals surface area contributed by atoms with Gasteiger partial charge < -0.3 is 5.73 Å². The number of hydrogen-bond acceptors (Lipinski definition) is 3. The number of fused-ring (bicyclic) bond motifs is 1. The molecule has 1 aliphatic heterocycles. The molecule has 1 saturated heterocycles. The van der Waals surface area contributed by atoms with E-state index >= 15 is 0 Å². The highest BCUT2D eigenvalue weighted by molar-refractivity contribution is 7.10. The van der Waals surface area contributed by atoms with Crippen molar-refractivity contribution < 1.29 is 0 Å². The summed E-state index contributed by atoms with van der Waals surface area (Å²) in [6.45, 7) is 3.21. The van der Waals surface area contributed by atoms with E-state index in [0.29, 0.717) is 18.1 Å². The van der Waals surface area contributed by atoms with Gasteiger partial charge in [-0.25, -0.2) is 0 Å². The van der Waals surface area contributed by atoms with Crippen LogP contribution in [0.5, 0.6) is 0 Å². The Balaban J connectivity index is 1.89. The van der Waals surface area contributed by atoms with Crippen molar-refractivity contribution in [2.45, 2.75) is 63.6 Å². The minimum Gasteiger partial charge on any atom is -0.329 e. The van der Waals surface area contributed by atoms with Crippen LogP contribution in [0.4, 0.5) is 0 Å². The van der Waals surface area contributed by atoms with Gasteiger partial charge in [-0.1, -0.05) is 6.42 Å². The monoisotopic (exact) mass is 264 g/mol. The number of hydrogen-bond donors (Lipinski definition) is 1. The highest BCUT2D eigenvalue weighted by atomic mass is 32.1. The normalized spacial score (nSPS) is 33.3. The first-order valence-corrected chi connectivity index (χ1v) is 8.23. The van der Waals surface area contributed by atoms with Gasteiger partial charge >= 0.3 is 0 Å². The largest absolute Gasteiger partial charge is 0.329 e. The number of nitrogens with zero attached hydrogens (tertiary/aromatic N) is 1. The summed E-state index contributed by atoms with van der Waals surface area (Å²) in [6, 6.07) is 4.30. The molecule has 2 N–H and O–H groups in total. The Kier molecular flexibility index (Phi) is 3.73. The fourth-order valence-electron chi connectivity index (χ4n) is 3.88. The van der Waals surface area contributed by atoms with Gasteiger partial charge in [0, 0.05) is 29.5 Å². The van der Waals surface area contributed by atoms with Gasteiger partial charge in [-0.15, -0.1) is 11.3 Å². The lowest BCUT2D eigenvalue weighted by atomic mass is 9.87. The first-order valence-electron chi connectivity index (χ1n) is 7.35. The van der Waals surface area contributed by atoms with Crippen LogP contribution >= 0.6 is 11.3 Å². The SMILES string of the molecule is CC1CCCC(CN)N1C1CCCc2sccc21. The van der Waals surface area contributed by atoms with Crippen molar-refractivity contribution in [2.75, 3.05) is 6.54 Å². The maximum absolute atomic E-state index is 6.02. The van der Waals surface area contributed by atoms with Crippen molar-refractivity contribution in [2.24, 2.45) is 5.73 Å². The summed E-state index contributed by atoms with van der Waals surface area (Å²) in [5.41, 5.74) is 7.63. The zero-order valence-electron chi connectivity index (χ0n) is 11.3. The maximum atomic E-state index is 6.02. The maximum Gasteiger partial charge on any atom is 0.0365 e. The standard InChI is InChI=1S/C15H24N2S/c1-11-4-2-5-12(10-16)17(11)14-6-3-7-15-13(14)8-9-18-15/h8-9,11-12,14H,2-7,10,16H2,1H3. The molecule has 0 bridgehead atoms. The summed E-state index contributed by atoms with van der Waals surface area (Å²) >= 11 is 1.95. The van der Waals surface area contributed by atoms with Crippen LogP contribution in [0.25, 0.3) is 0 Å². The summed E-state index contributed by atoms with van der Waals surface area (Å²) in [7, 11) is 0. The molecule has 18 heavy (non-hydrogen) atoms. The molecule has 2 aliphatic rings. The number of nitrogens with two attached hydrogens (primary N) is 1. The summed E-state index contributed by atoms with van der Waals surface area (Å²) in [6.07, 6.45) is 7.94. The number of aryl methyl sites for hydroxylation is 1. The van der Waals surface area contributed by atoms with Crippen LogP contribution in [0.3, 0.4) is 0 Å². The van der Waals surface area contributed by atoms with Gasteiger partial charge in [0.05, 0.1) is 0 Å². The molecule has 0 spiro atoms. The predicted octanol–water partition coefficient (Wildman–Crippen LogP) is 3.33. The molecule has 0 saturated carbocycles. The van der Waals surface area contributed by atoms with E-state index in [1.165, 1.54) is 38.5 Å². The number of rotatable bonds is 2. The van der Waals surface area contributed by atoms with Crippen LogP contribution < -0.4 is 5.73 Å². The van der Waals surface area contributed by atoms with E-state index in [9.17, 15) is 0 Å². The summed E-state index contributed by atoms with van der Waals surface area (Å²) in [5, 5.41) is 2.27. The average Bonchev–Trinajstić information content (AvgIpc) is 2.86. The van der Waals surface area contributed by atoms with E-state index in [4.69, 9.17) is 5.73 Å². The number of likely N-dealkylation sites (tertiary alicyclic amines) is 1. The Morgan fingerprint density at radius 2 is 2.22 bits per heavy atom. The third-order valence-electron chi connectivity index (χ3n) is 4.74. The first-order chi connectivity index (χ1) is 8.81. The summed E-state index contributed by atoms with van der Waals surface area (Å²) in [4.78, 5) is 4.37. The fourth-order valence-corrected chi connectivity index (χ4v) is 4.86. The quantitative estimate of drug-likeness (QED) is 0.888. The molecule has 1 fully saturated rings. The molecular weight excluding hydrogens is 240 g/mol. The predicted molar refractivity (Wildman–Crippen MR) is 78.0 cm³/mol. The Hall–Kier alpha value is -0.380. The van der Waals surface area contributed by atoms with E-state index < -0.39 is 0 Å². The van der Waals surface area contributed by atoms with Gasteiger partial charge in [-0.2, -0.15) is 0 Å². The van der Waals surface area contributed by atoms with E-state index in [1.54, 1.807) is 10.4 Å². The van der Waals surface area contributed by atoms with Crippen molar-refractivity contribution in [3.8, 4) is 0 Å². The highest BCUT2D eigenvalue weighted by Crippen LogP contribution is 2.41. The molecular formula is C15H24N2S. The van der Waals surface area contributed by atoms with Gasteiger partial charge in [0.2, 0.25) is 0 Å². The first kappa shape index (κ1) is 12.6. The highest BCUT2D eigenvalue weighted by Gasteiger charge is 2.35. The second kappa shape index (κ2) is 5.32. The van der Waals surface area contributed by atoms with Gasteiger partial charge in [-0.3, -0.25) is 4.90 Å². The summed E-state index contributed by atoms with van der Waals surface area (Å²) < 4.78 is 0. The van der Waals surface area contributed by atoms with Gasteiger partial charge in [0.15, 0.2) is 0 Å². The lowest BCUT2D eigenvalue weighted by Crippen LogP contribution is -2.50. The van der Waals surface area contributed by atoms with Gasteiger partial charge in [0.25, 0.3) is 0 Å². The second-order valence-corrected chi connectivity index (χ2v) is 6.82. The third kappa shape index (κ3) is 2.13. The number of piperidine rings is 1. The molecule has 0 radical (unpaired) electrons. The van der Waals surface area contributed by atoms with Crippen LogP contribution in [-0.2, 0) is 6.42 Å². The molecule has 1 aromatic rings. The van der Waals surface area contributed by atoms with Crippen LogP contribution in [-0.4, -0.2) is 23.5 Å². The Labute approximate surface area is 114 Å². The molecule has 3 rings (SSSR count). The van der Waals surface area contributed by atoms with Crippen molar-refractivity contribution >= 4 is 11.3 Å². The lowest BCUT2D eigenvalue weighted by molar-refractivity contribution is 0.0416. The van der Waals surface area contributed by atoms with E-state index in [1.807, 2.05) is 11.3 Å². The van der Waals surface area contributed by atoms with Gasteiger partial charge in [-0.05, 0) is 56.0 Å². The molecule has 3 unspecified atom stereocenters. The van der Waals surface area contributed by atoms with E-state index in [-0.39, 0.29) is 0 Å². The van der Waals surface area contributed by atoms with E-state index in [0.717, 1.165) is 6.54 Å². The average molecular weight is 264 g/mol. The smallest absolute Gasteiger partial charge is 0.0365 e. The number of thiophene rings is 1. The van der Waals surface area contributed by atoms with Crippen LogP contribution in [0.1, 0.15) is 55.5 Å². The molecule has 0 aromatic carbocycles.